The highest BCUT2D eigenvalue weighted by Crippen LogP contribution is 2.37. The third-order valence-corrected chi connectivity index (χ3v) is 4.80. The Morgan fingerprint density at radius 1 is 1.13 bits per heavy atom. The van der Waals surface area contributed by atoms with Gasteiger partial charge in [0, 0.05) is 12.6 Å². The fourth-order valence-corrected chi connectivity index (χ4v) is 2.71. The van der Waals surface area contributed by atoms with E-state index >= 15 is 0 Å². The summed E-state index contributed by atoms with van der Waals surface area (Å²) in [5.41, 5.74) is 0.554. The third kappa shape index (κ3) is 4.51. The molecule has 1 N–H and O–H groups in total. The smallest absolute Gasteiger partial charge is 0.308 e. The van der Waals surface area contributed by atoms with Crippen LogP contribution in [0.1, 0.15) is 31.3 Å². The van der Waals surface area contributed by atoms with Gasteiger partial charge in [-0.15, -0.1) is 11.3 Å². The molecule has 2 rings (SSSR count). The molecular weight excluding hydrogens is 328 g/mol. The number of hydrogen-bond acceptors (Lipinski definition) is 3. The summed E-state index contributed by atoms with van der Waals surface area (Å²) in [4.78, 5) is 3.86. The minimum atomic E-state index is -4.37. The van der Waals surface area contributed by atoms with E-state index in [1.807, 2.05) is 20.8 Å². The predicted octanol–water partition coefficient (Wildman–Crippen LogP) is 5.10. The van der Waals surface area contributed by atoms with Crippen molar-refractivity contribution in [3.63, 3.8) is 0 Å². The van der Waals surface area contributed by atoms with E-state index in [0.717, 1.165) is 6.07 Å². The maximum Gasteiger partial charge on any atom is 0.425 e. The zero-order valence-corrected chi connectivity index (χ0v) is 13.9. The first-order valence-electron chi connectivity index (χ1n) is 7.24. The molecule has 2 nitrogen and oxygen atoms in total. The van der Waals surface area contributed by atoms with Crippen molar-refractivity contribution in [1.29, 1.82) is 0 Å². The van der Waals surface area contributed by atoms with E-state index in [-0.39, 0.29) is 18.3 Å². The molecule has 0 radical (unpaired) electrons. The second kappa shape index (κ2) is 6.97. The first-order chi connectivity index (χ1) is 10.7. The quantitative estimate of drug-likeness (QED) is 0.762. The molecule has 7 heteroatoms. The van der Waals surface area contributed by atoms with Gasteiger partial charge in [0.2, 0.25) is 0 Å². The van der Waals surface area contributed by atoms with Crippen molar-refractivity contribution in [3.8, 4) is 10.6 Å². The van der Waals surface area contributed by atoms with Gasteiger partial charge in [0.25, 0.3) is 0 Å². The number of halogens is 4. The Labute approximate surface area is 136 Å². The Hall–Kier alpha value is -1.47. The molecule has 0 saturated heterocycles. The largest absolute Gasteiger partial charge is 0.425 e. The first-order valence-corrected chi connectivity index (χ1v) is 8.06. The van der Waals surface area contributed by atoms with Crippen LogP contribution < -0.4 is 5.32 Å². The lowest BCUT2D eigenvalue weighted by atomic mass is 10.1. The lowest BCUT2D eigenvalue weighted by Gasteiger charge is -2.17. The average molecular weight is 346 g/mol. The Kier molecular flexibility index (Phi) is 5.41. The van der Waals surface area contributed by atoms with Crippen molar-refractivity contribution in [1.82, 2.24) is 10.3 Å². The van der Waals surface area contributed by atoms with E-state index in [2.05, 4.69) is 10.3 Å². The van der Waals surface area contributed by atoms with Crippen LogP contribution in [0.3, 0.4) is 0 Å². The van der Waals surface area contributed by atoms with Gasteiger partial charge in [-0.2, -0.15) is 13.2 Å². The summed E-state index contributed by atoms with van der Waals surface area (Å²) in [6, 6.07) is 5.20. The Morgan fingerprint density at radius 3 is 2.39 bits per heavy atom. The Bertz CT molecular complexity index is 664. The fraction of sp³-hybridized carbons (Fsp3) is 0.438. The minimum Gasteiger partial charge on any atom is -0.308 e. The van der Waals surface area contributed by atoms with Crippen LogP contribution in [0, 0.1) is 11.7 Å². The van der Waals surface area contributed by atoms with E-state index in [9.17, 15) is 17.6 Å². The zero-order valence-electron chi connectivity index (χ0n) is 13.0. The normalized spacial score (nSPS) is 13.6. The molecule has 0 fully saturated rings. The van der Waals surface area contributed by atoms with E-state index in [0.29, 0.717) is 27.8 Å². The highest BCUT2D eigenvalue weighted by molar-refractivity contribution is 7.15. The summed E-state index contributed by atoms with van der Waals surface area (Å²) in [5.74, 6) is -0.0855. The summed E-state index contributed by atoms with van der Waals surface area (Å²) in [6.45, 7) is 6.31. The molecule has 126 valence electrons. The molecule has 2 aromatic heterocycles. The van der Waals surface area contributed by atoms with Crippen LogP contribution in [-0.4, -0.2) is 11.0 Å². The number of pyridine rings is 1. The van der Waals surface area contributed by atoms with Crippen molar-refractivity contribution in [2.75, 3.05) is 0 Å². The van der Waals surface area contributed by atoms with Crippen molar-refractivity contribution in [3.05, 3.63) is 40.7 Å². The second-order valence-electron chi connectivity index (χ2n) is 5.70. The van der Waals surface area contributed by atoms with Crippen molar-refractivity contribution >= 4 is 11.3 Å². The lowest BCUT2D eigenvalue weighted by molar-refractivity contribution is -0.134. The minimum absolute atomic E-state index is 0.179. The zero-order chi connectivity index (χ0) is 17.2. The van der Waals surface area contributed by atoms with Gasteiger partial charge in [0.1, 0.15) is 10.7 Å². The van der Waals surface area contributed by atoms with Gasteiger partial charge >= 0.3 is 6.18 Å². The summed E-state index contributed by atoms with van der Waals surface area (Å²) in [5, 5.41) is 3.17. The SMILES string of the molecule is CC(C)[C@@H](C)NCc1nc(-c2ccc(C(F)(F)F)s2)ccc1F. The van der Waals surface area contributed by atoms with Crippen LogP contribution in [0.25, 0.3) is 10.6 Å². The highest BCUT2D eigenvalue weighted by Gasteiger charge is 2.32. The first kappa shape index (κ1) is 17.9. The number of nitrogens with zero attached hydrogens (tertiary/aromatic N) is 1. The van der Waals surface area contributed by atoms with Gasteiger partial charge in [0.15, 0.2) is 0 Å². The van der Waals surface area contributed by atoms with Crippen LogP contribution >= 0.6 is 11.3 Å². The van der Waals surface area contributed by atoms with Gasteiger partial charge in [-0.25, -0.2) is 9.37 Å². The molecule has 2 heterocycles. The highest BCUT2D eigenvalue weighted by atomic mass is 32.1. The molecule has 1 atom stereocenters. The maximum absolute atomic E-state index is 13.9. The van der Waals surface area contributed by atoms with Gasteiger partial charge in [0.05, 0.1) is 16.3 Å². The van der Waals surface area contributed by atoms with Crippen LogP contribution in [0.2, 0.25) is 0 Å². The Balaban J connectivity index is 2.21. The molecule has 0 aliphatic carbocycles. The summed E-state index contributed by atoms with van der Waals surface area (Å²) >= 11 is 0.606. The molecule has 2 aromatic rings. The average Bonchev–Trinajstić information content (AvgIpc) is 2.95. The summed E-state index contributed by atoms with van der Waals surface area (Å²) in [7, 11) is 0. The third-order valence-electron chi connectivity index (χ3n) is 3.65. The lowest BCUT2D eigenvalue weighted by Crippen LogP contribution is -2.30. The number of alkyl halides is 3. The fourth-order valence-electron chi connectivity index (χ4n) is 1.87. The predicted molar refractivity (Wildman–Crippen MR) is 83.6 cm³/mol. The molecule has 0 unspecified atom stereocenters. The number of thiophene rings is 1. The van der Waals surface area contributed by atoms with Crippen molar-refractivity contribution < 1.29 is 17.6 Å². The van der Waals surface area contributed by atoms with Crippen LogP contribution in [0.15, 0.2) is 24.3 Å². The summed E-state index contributed by atoms with van der Waals surface area (Å²) < 4.78 is 51.8. The molecule has 0 bridgehead atoms. The molecular formula is C16H18F4N2S. The maximum atomic E-state index is 13.9. The number of nitrogens with one attached hydrogen (secondary N) is 1. The monoisotopic (exact) mass is 346 g/mol. The number of rotatable bonds is 5. The van der Waals surface area contributed by atoms with Crippen molar-refractivity contribution in [2.24, 2.45) is 5.92 Å². The van der Waals surface area contributed by atoms with Crippen LogP contribution in [0.4, 0.5) is 17.6 Å². The molecule has 0 spiro atoms. The molecule has 0 amide bonds. The standard InChI is InChI=1S/C16H18F4N2S/c1-9(2)10(3)21-8-13-11(17)4-5-12(22-13)14-6-7-15(23-14)16(18,19)20/h4-7,9-10,21H,8H2,1-3H3/t10-/m1/s1. The van der Waals surface area contributed by atoms with Crippen molar-refractivity contribution in [2.45, 2.75) is 39.5 Å². The van der Waals surface area contributed by atoms with E-state index in [1.165, 1.54) is 18.2 Å². The molecule has 0 aliphatic heterocycles. The number of aromatic nitrogens is 1. The molecule has 0 aliphatic rings. The van der Waals surface area contributed by atoms with E-state index < -0.39 is 16.9 Å². The van der Waals surface area contributed by atoms with Gasteiger partial charge in [-0.1, -0.05) is 13.8 Å². The Morgan fingerprint density at radius 2 is 1.83 bits per heavy atom. The molecule has 0 aromatic carbocycles. The van der Waals surface area contributed by atoms with Gasteiger partial charge < -0.3 is 5.32 Å². The van der Waals surface area contributed by atoms with E-state index in [1.54, 1.807) is 0 Å². The van der Waals surface area contributed by atoms with Crippen LogP contribution in [0.5, 0.6) is 0 Å². The van der Waals surface area contributed by atoms with E-state index in [4.69, 9.17) is 0 Å². The topological polar surface area (TPSA) is 24.9 Å². The van der Waals surface area contributed by atoms with Crippen LogP contribution in [-0.2, 0) is 12.7 Å². The summed E-state index contributed by atoms with van der Waals surface area (Å²) in [6.07, 6.45) is -4.37. The van der Waals surface area contributed by atoms with Gasteiger partial charge in [-0.05, 0) is 37.1 Å². The molecule has 23 heavy (non-hydrogen) atoms. The number of hydrogen-bond donors (Lipinski definition) is 1. The molecule has 0 saturated carbocycles. The second-order valence-corrected chi connectivity index (χ2v) is 6.78. The van der Waals surface area contributed by atoms with Gasteiger partial charge in [-0.3, -0.25) is 0 Å².